The minimum atomic E-state index is 0.508. The highest BCUT2D eigenvalue weighted by molar-refractivity contribution is 7.99. The van der Waals surface area contributed by atoms with Crippen LogP contribution in [0.4, 0.5) is 0 Å². The van der Waals surface area contributed by atoms with Crippen LogP contribution in [0.15, 0.2) is 53.4 Å². The minimum Gasteiger partial charge on any atom is -0.493 e. The molecule has 3 heteroatoms. The first-order chi connectivity index (χ1) is 9.86. The van der Waals surface area contributed by atoms with E-state index in [1.54, 1.807) is 0 Å². The number of nitrogens with one attached hydrogen (secondary N) is 1. The monoisotopic (exact) mass is 285 g/mol. The van der Waals surface area contributed by atoms with Crippen LogP contribution in [0.1, 0.15) is 17.0 Å². The second-order valence-electron chi connectivity index (χ2n) is 5.03. The molecule has 0 saturated heterocycles. The molecule has 0 amide bonds. The van der Waals surface area contributed by atoms with Crippen LogP contribution in [0, 0.1) is 0 Å². The van der Waals surface area contributed by atoms with Crippen LogP contribution in [0.25, 0.3) is 0 Å². The topological polar surface area (TPSA) is 21.3 Å². The normalized spacial score (nSPS) is 16.8. The predicted molar refractivity (Wildman–Crippen MR) is 84.6 cm³/mol. The molecule has 0 fully saturated rings. The fourth-order valence-corrected chi connectivity index (χ4v) is 3.47. The van der Waals surface area contributed by atoms with Crippen molar-refractivity contribution in [1.29, 1.82) is 0 Å². The summed E-state index contributed by atoms with van der Waals surface area (Å²) in [5, 5.41) is 3.17. The number of benzene rings is 2. The summed E-state index contributed by atoms with van der Waals surface area (Å²) in [6.45, 7) is 1.74. The molecular formula is C17H19NOS. The summed E-state index contributed by atoms with van der Waals surface area (Å²) in [6, 6.07) is 17.2. The Morgan fingerprint density at radius 3 is 2.75 bits per heavy atom. The number of rotatable bonds is 5. The fraction of sp³-hybridized carbons (Fsp3) is 0.294. The van der Waals surface area contributed by atoms with Gasteiger partial charge in [-0.05, 0) is 30.8 Å². The van der Waals surface area contributed by atoms with E-state index in [1.165, 1.54) is 16.0 Å². The van der Waals surface area contributed by atoms with E-state index < -0.39 is 0 Å². The maximum atomic E-state index is 5.73. The minimum absolute atomic E-state index is 0.508. The zero-order valence-electron chi connectivity index (χ0n) is 11.6. The van der Waals surface area contributed by atoms with E-state index >= 15 is 0 Å². The van der Waals surface area contributed by atoms with Crippen molar-refractivity contribution in [3.05, 3.63) is 59.7 Å². The molecule has 0 aromatic heterocycles. The molecule has 104 valence electrons. The van der Waals surface area contributed by atoms with E-state index in [0.717, 1.165) is 24.7 Å². The summed E-state index contributed by atoms with van der Waals surface area (Å²) < 4.78 is 5.73. The number of hydrogen-bond acceptors (Lipinski definition) is 3. The first-order valence-corrected chi connectivity index (χ1v) is 7.93. The highest BCUT2D eigenvalue weighted by Gasteiger charge is 2.23. The molecule has 1 heterocycles. The molecule has 1 aliphatic heterocycles. The molecule has 1 atom stereocenters. The van der Waals surface area contributed by atoms with Gasteiger partial charge in [-0.2, -0.15) is 0 Å². The lowest BCUT2D eigenvalue weighted by molar-refractivity contribution is 0.339. The van der Waals surface area contributed by atoms with Gasteiger partial charge in [-0.3, -0.25) is 0 Å². The van der Waals surface area contributed by atoms with Crippen LogP contribution in [0.5, 0.6) is 5.75 Å². The van der Waals surface area contributed by atoms with Gasteiger partial charge >= 0.3 is 0 Å². The number of para-hydroxylation sites is 1. The van der Waals surface area contributed by atoms with Gasteiger partial charge in [0.15, 0.2) is 0 Å². The highest BCUT2D eigenvalue weighted by atomic mass is 32.2. The Labute approximate surface area is 124 Å². The molecule has 1 aliphatic rings. The predicted octanol–water partition coefficient (Wildman–Crippen LogP) is 3.67. The van der Waals surface area contributed by atoms with Crippen molar-refractivity contribution in [2.45, 2.75) is 17.4 Å². The molecule has 0 spiro atoms. The quantitative estimate of drug-likeness (QED) is 0.847. The summed E-state index contributed by atoms with van der Waals surface area (Å²) in [5.74, 6) is 2.64. The van der Waals surface area contributed by atoms with Crippen molar-refractivity contribution in [2.75, 3.05) is 19.4 Å². The number of hydrogen-bond donors (Lipinski definition) is 1. The van der Waals surface area contributed by atoms with Crippen LogP contribution >= 0.6 is 11.8 Å². The number of thioether (sulfide) groups is 1. The first kappa shape index (κ1) is 13.5. The van der Waals surface area contributed by atoms with E-state index in [2.05, 4.69) is 47.8 Å². The third-order valence-corrected chi connectivity index (χ3v) is 4.73. The smallest absolute Gasteiger partial charge is 0.122 e. The summed E-state index contributed by atoms with van der Waals surface area (Å²) in [7, 11) is 1.97. The molecule has 0 saturated carbocycles. The Hall–Kier alpha value is -1.45. The third kappa shape index (κ3) is 3.00. The second kappa shape index (κ2) is 6.33. The highest BCUT2D eigenvalue weighted by Crippen LogP contribution is 2.36. The van der Waals surface area contributed by atoms with Gasteiger partial charge in [0.05, 0.1) is 6.61 Å². The van der Waals surface area contributed by atoms with Crippen molar-refractivity contribution in [3.63, 3.8) is 0 Å². The van der Waals surface area contributed by atoms with E-state index in [1.807, 2.05) is 24.9 Å². The van der Waals surface area contributed by atoms with E-state index in [9.17, 15) is 0 Å². The van der Waals surface area contributed by atoms with E-state index in [0.29, 0.717) is 5.92 Å². The van der Waals surface area contributed by atoms with Crippen LogP contribution < -0.4 is 10.1 Å². The molecule has 20 heavy (non-hydrogen) atoms. The first-order valence-electron chi connectivity index (χ1n) is 6.95. The van der Waals surface area contributed by atoms with Gasteiger partial charge in [-0.1, -0.05) is 30.3 Å². The zero-order valence-corrected chi connectivity index (χ0v) is 12.5. The van der Waals surface area contributed by atoms with Gasteiger partial charge in [0.2, 0.25) is 0 Å². The fourth-order valence-electron chi connectivity index (χ4n) is 2.47. The summed E-state index contributed by atoms with van der Waals surface area (Å²) in [5.41, 5.74) is 2.68. The van der Waals surface area contributed by atoms with Gasteiger partial charge in [-0.15, -0.1) is 11.8 Å². The molecule has 3 rings (SSSR count). The maximum Gasteiger partial charge on any atom is 0.122 e. The van der Waals surface area contributed by atoms with Gasteiger partial charge in [-0.25, -0.2) is 0 Å². The Morgan fingerprint density at radius 2 is 1.95 bits per heavy atom. The van der Waals surface area contributed by atoms with Crippen LogP contribution in [0.3, 0.4) is 0 Å². The van der Waals surface area contributed by atoms with Crippen molar-refractivity contribution >= 4 is 11.8 Å². The Bertz CT molecular complexity index is 567. The molecule has 0 bridgehead atoms. The van der Waals surface area contributed by atoms with Crippen molar-refractivity contribution in [2.24, 2.45) is 0 Å². The van der Waals surface area contributed by atoms with Crippen LogP contribution in [-0.2, 0) is 6.54 Å². The third-order valence-electron chi connectivity index (χ3n) is 3.55. The summed E-state index contributed by atoms with van der Waals surface area (Å²) in [4.78, 5) is 1.33. The number of ether oxygens (including phenoxy) is 1. The Morgan fingerprint density at radius 1 is 1.15 bits per heavy atom. The average molecular weight is 285 g/mol. The standard InChI is InChI=1S/C17H19NOS/c1-18-10-13-6-8-15(9-7-13)20-12-14-11-19-17-5-3-2-4-16(14)17/h2-9,14,18H,10-12H2,1H3. The Kier molecular flexibility index (Phi) is 4.28. The second-order valence-corrected chi connectivity index (χ2v) is 6.12. The molecular weight excluding hydrogens is 266 g/mol. The van der Waals surface area contributed by atoms with Crippen molar-refractivity contribution < 1.29 is 4.74 Å². The maximum absolute atomic E-state index is 5.73. The molecule has 1 unspecified atom stereocenters. The van der Waals surface area contributed by atoms with E-state index in [-0.39, 0.29) is 0 Å². The lowest BCUT2D eigenvalue weighted by Crippen LogP contribution is -2.05. The van der Waals surface area contributed by atoms with Gasteiger partial charge in [0, 0.05) is 28.7 Å². The van der Waals surface area contributed by atoms with Crippen molar-refractivity contribution in [3.8, 4) is 5.75 Å². The SMILES string of the molecule is CNCc1ccc(SCC2COc3ccccc32)cc1. The summed E-state index contributed by atoms with van der Waals surface area (Å²) in [6.07, 6.45) is 0. The molecule has 2 aromatic rings. The van der Waals surface area contributed by atoms with Gasteiger partial charge in [0.25, 0.3) is 0 Å². The van der Waals surface area contributed by atoms with Gasteiger partial charge in [0.1, 0.15) is 5.75 Å². The van der Waals surface area contributed by atoms with Crippen LogP contribution in [0.2, 0.25) is 0 Å². The number of fused-ring (bicyclic) bond motifs is 1. The zero-order chi connectivity index (χ0) is 13.8. The molecule has 0 radical (unpaired) electrons. The molecule has 2 aromatic carbocycles. The molecule has 2 nitrogen and oxygen atoms in total. The van der Waals surface area contributed by atoms with Crippen LogP contribution in [-0.4, -0.2) is 19.4 Å². The van der Waals surface area contributed by atoms with Crippen molar-refractivity contribution in [1.82, 2.24) is 5.32 Å². The Balaban J connectivity index is 1.60. The molecule has 1 N–H and O–H groups in total. The van der Waals surface area contributed by atoms with E-state index in [4.69, 9.17) is 4.74 Å². The summed E-state index contributed by atoms with van der Waals surface area (Å²) >= 11 is 1.91. The average Bonchev–Trinajstić information content (AvgIpc) is 2.90. The largest absolute Gasteiger partial charge is 0.493 e. The van der Waals surface area contributed by atoms with Gasteiger partial charge < -0.3 is 10.1 Å². The lowest BCUT2D eigenvalue weighted by Gasteiger charge is -2.09. The molecule has 0 aliphatic carbocycles. The lowest BCUT2D eigenvalue weighted by atomic mass is 10.0.